The predicted molar refractivity (Wildman–Crippen MR) is 77.8 cm³/mol. The smallest absolute Gasteiger partial charge is 0.320 e. The molecule has 3 N–H and O–H groups in total. The maximum Gasteiger partial charge on any atom is 0.320 e. The van der Waals surface area contributed by atoms with Gasteiger partial charge >= 0.3 is 5.97 Å². The molecule has 0 saturated carbocycles. The van der Waals surface area contributed by atoms with Crippen LogP contribution in [-0.2, 0) is 11.2 Å². The van der Waals surface area contributed by atoms with Crippen LogP contribution in [0.5, 0.6) is 11.5 Å². The fraction of sp³-hybridized carbons (Fsp3) is 0.143. The van der Waals surface area contributed by atoms with Gasteiger partial charge < -0.3 is 15.6 Å². The average molecular weight is 337 g/mol. The Labute approximate surface area is 124 Å². The molecule has 0 bridgehead atoms. The summed E-state index contributed by atoms with van der Waals surface area (Å²) < 4.78 is 6.44. The first-order valence-electron chi connectivity index (χ1n) is 5.91. The molecule has 6 heteroatoms. The van der Waals surface area contributed by atoms with Crippen LogP contribution in [0.2, 0.25) is 0 Å². The first-order chi connectivity index (χ1) is 9.56. The zero-order chi connectivity index (χ0) is 14.5. The highest BCUT2D eigenvalue weighted by Crippen LogP contribution is 2.28. The lowest BCUT2D eigenvalue weighted by molar-refractivity contribution is -0.138. The summed E-state index contributed by atoms with van der Waals surface area (Å²) in [4.78, 5) is 14.6. The SMILES string of the molecule is NC(Cc1ccc(Oc2ccncc2Br)cc1)C(=O)O. The first-order valence-corrected chi connectivity index (χ1v) is 6.70. The Morgan fingerprint density at radius 1 is 1.35 bits per heavy atom. The Bertz CT molecular complexity index is 602. The second kappa shape index (κ2) is 6.49. The number of halogens is 1. The van der Waals surface area contributed by atoms with Crippen LogP contribution in [0.25, 0.3) is 0 Å². The molecule has 1 heterocycles. The standard InChI is InChI=1S/C14H13BrN2O3/c15-11-8-17-6-5-13(11)20-10-3-1-9(2-4-10)7-12(16)14(18)19/h1-6,8,12H,7,16H2,(H,18,19). The van der Waals surface area contributed by atoms with Gasteiger partial charge in [-0.1, -0.05) is 12.1 Å². The van der Waals surface area contributed by atoms with E-state index in [0.29, 0.717) is 11.5 Å². The van der Waals surface area contributed by atoms with Crippen LogP contribution in [0, 0.1) is 0 Å². The minimum Gasteiger partial charge on any atom is -0.480 e. The van der Waals surface area contributed by atoms with E-state index in [-0.39, 0.29) is 6.42 Å². The fourth-order valence-electron chi connectivity index (χ4n) is 1.61. The number of carboxylic acid groups (broad SMARTS) is 1. The molecule has 1 atom stereocenters. The molecule has 1 aromatic carbocycles. The third kappa shape index (κ3) is 3.79. The molecule has 1 unspecified atom stereocenters. The van der Waals surface area contributed by atoms with E-state index in [1.807, 2.05) is 0 Å². The molecule has 0 spiro atoms. The van der Waals surface area contributed by atoms with Crippen LogP contribution in [0.3, 0.4) is 0 Å². The molecule has 0 fully saturated rings. The Morgan fingerprint density at radius 3 is 2.65 bits per heavy atom. The van der Waals surface area contributed by atoms with E-state index in [4.69, 9.17) is 15.6 Å². The van der Waals surface area contributed by atoms with Gasteiger partial charge in [0.2, 0.25) is 0 Å². The molecule has 0 aliphatic heterocycles. The number of hydrogen-bond donors (Lipinski definition) is 2. The van der Waals surface area contributed by atoms with Crippen molar-refractivity contribution in [3.63, 3.8) is 0 Å². The summed E-state index contributed by atoms with van der Waals surface area (Å²) in [7, 11) is 0. The molecular formula is C14H13BrN2O3. The van der Waals surface area contributed by atoms with E-state index in [1.54, 1.807) is 42.7 Å². The number of hydrogen-bond acceptors (Lipinski definition) is 4. The predicted octanol–water partition coefficient (Wildman–Crippen LogP) is 2.59. The molecule has 2 rings (SSSR count). The van der Waals surface area contributed by atoms with Crippen molar-refractivity contribution in [2.24, 2.45) is 5.73 Å². The van der Waals surface area contributed by atoms with Gasteiger partial charge in [-0.15, -0.1) is 0 Å². The number of carboxylic acids is 1. The summed E-state index contributed by atoms with van der Waals surface area (Å²) in [6.45, 7) is 0. The van der Waals surface area contributed by atoms with Crippen LogP contribution in [0.4, 0.5) is 0 Å². The topological polar surface area (TPSA) is 85.4 Å². The highest BCUT2D eigenvalue weighted by Gasteiger charge is 2.12. The maximum absolute atomic E-state index is 10.7. The minimum absolute atomic E-state index is 0.286. The van der Waals surface area contributed by atoms with E-state index in [2.05, 4.69) is 20.9 Å². The van der Waals surface area contributed by atoms with Crippen molar-refractivity contribution < 1.29 is 14.6 Å². The second-order valence-electron chi connectivity index (χ2n) is 4.20. The Balaban J connectivity index is 2.05. The normalized spacial score (nSPS) is 11.9. The summed E-state index contributed by atoms with van der Waals surface area (Å²) in [6, 6.07) is 8.00. The average Bonchev–Trinajstić information content (AvgIpc) is 2.43. The molecule has 2 aromatic rings. The van der Waals surface area contributed by atoms with Crippen molar-refractivity contribution in [2.45, 2.75) is 12.5 Å². The number of aliphatic carboxylic acids is 1. The molecular weight excluding hydrogens is 324 g/mol. The van der Waals surface area contributed by atoms with E-state index < -0.39 is 12.0 Å². The summed E-state index contributed by atoms with van der Waals surface area (Å²) in [6.07, 6.45) is 3.57. The van der Waals surface area contributed by atoms with Crippen LogP contribution in [-0.4, -0.2) is 22.1 Å². The monoisotopic (exact) mass is 336 g/mol. The molecule has 0 aliphatic carbocycles. The lowest BCUT2D eigenvalue weighted by Crippen LogP contribution is -2.32. The van der Waals surface area contributed by atoms with Crippen molar-refractivity contribution >= 4 is 21.9 Å². The quantitative estimate of drug-likeness (QED) is 0.876. The Morgan fingerprint density at radius 2 is 2.05 bits per heavy atom. The van der Waals surface area contributed by atoms with Gasteiger partial charge in [0.05, 0.1) is 4.47 Å². The van der Waals surface area contributed by atoms with E-state index in [9.17, 15) is 4.79 Å². The third-order valence-electron chi connectivity index (χ3n) is 2.66. The van der Waals surface area contributed by atoms with Crippen molar-refractivity contribution in [3.05, 3.63) is 52.8 Å². The van der Waals surface area contributed by atoms with Gasteiger partial charge in [-0.3, -0.25) is 9.78 Å². The van der Waals surface area contributed by atoms with Crippen molar-refractivity contribution in [2.75, 3.05) is 0 Å². The second-order valence-corrected chi connectivity index (χ2v) is 5.06. The third-order valence-corrected chi connectivity index (χ3v) is 3.25. The van der Waals surface area contributed by atoms with Gasteiger partial charge in [-0.2, -0.15) is 0 Å². The largest absolute Gasteiger partial charge is 0.480 e. The van der Waals surface area contributed by atoms with Gasteiger partial charge in [-0.25, -0.2) is 0 Å². The first kappa shape index (κ1) is 14.5. The molecule has 0 aliphatic rings. The van der Waals surface area contributed by atoms with Gasteiger partial charge in [-0.05, 0) is 40.0 Å². The summed E-state index contributed by atoms with van der Waals surface area (Å²) in [5.41, 5.74) is 6.33. The molecule has 0 radical (unpaired) electrons. The lowest BCUT2D eigenvalue weighted by Gasteiger charge is -2.09. The van der Waals surface area contributed by atoms with Crippen LogP contribution in [0.1, 0.15) is 5.56 Å². The maximum atomic E-state index is 10.7. The van der Waals surface area contributed by atoms with Crippen LogP contribution >= 0.6 is 15.9 Å². The van der Waals surface area contributed by atoms with Crippen LogP contribution in [0.15, 0.2) is 47.2 Å². The Hall–Kier alpha value is -1.92. The number of benzene rings is 1. The Kier molecular flexibility index (Phi) is 4.70. The van der Waals surface area contributed by atoms with Crippen molar-refractivity contribution in [1.29, 1.82) is 0 Å². The summed E-state index contributed by atoms with van der Waals surface area (Å²) >= 11 is 3.35. The molecule has 104 valence electrons. The number of aromatic nitrogens is 1. The number of nitrogens with two attached hydrogens (primary N) is 1. The minimum atomic E-state index is -1.01. The number of pyridine rings is 1. The highest BCUT2D eigenvalue weighted by molar-refractivity contribution is 9.10. The van der Waals surface area contributed by atoms with Gasteiger partial charge in [0.25, 0.3) is 0 Å². The van der Waals surface area contributed by atoms with E-state index in [0.717, 1.165) is 10.0 Å². The fourth-order valence-corrected chi connectivity index (χ4v) is 1.94. The zero-order valence-electron chi connectivity index (χ0n) is 10.5. The van der Waals surface area contributed by atoms with E-state index >= 15 is 0 Å². The number of ether oxygens (including phenoxy) is 1. The summed E-state index contributed by atoms with van der Waals surface area (Å²) in [5, 5.41) is 8.76. The molecule has 1 aromatic heterocycles. The number of carbonyl (C=O) groups is 1. The lowest BCUT2D eigenvalue weighted by atomic mass is 10.1. The van der Waals surface area contributed by atoms with Gasteiger partial charge in [0.1, 0.15) is 17.5 Å². The molecule has 20 heavy (non-hydrogen) atoms. The van der Waals surface area contributed by atoms with Crippen LogP contribution < -0.4 is 10.5 Å². The summed E-state index contributed by atoms with van der Waals surface area (Å²) in [5.74, 6) is 0.311. The number of nitrogens with zero attached hydrogens (tertiary/aromatic N) is 1. The molecule has 0 amide bonds. The highest BCUT2D eigenvalue weighted by atomic mass is 79.9. The zero-order valence-corrected chi connectivity index (χ0v) is 12.1. The van der Waals surface area contributed by atoms with E-state index in [1.165, 1.54) is 0 Å². The van der Waals surface area contributed by atoms with Gasteiger partial charge in [0, 0.05) is 18.5 Å². The van der Waals surface area contributed by atoms with Crippen molar-refractivity contribution in [1.82, 2.24) is 4.98 Å². The molecule has 0 saturated heterocycles. The number of rotatable bonds is 5. The van der Waals surface area contributed by atoms with Gasteiger partial charge in [0.15, 0.2) is 0 Å². The molecule has 5 nitrogen and oxygen atoms in total. The van der Waals surface area contributed by atoms with Crippen molar-refractivity contribution in [3.8, 4) is 11.5 Å².